The zero-order valence-electron chi connectivity index (χ0n) is 22.8. The highest BCUT2D eigenvalue weighted by Gasteiger charge is 2.50. The molecular weight excluding hydrogens is 504 g/mol. The molecule has 0 saturated heterocycles. The number of carbonyl (C=O) groups is 2. The topological polar surface area (TPSA) is 153 Å². The first-order chi connectivity index (χ1) is 19.4. The van der Waals surface area contributed by atoms with E-state index in [1.807, 2.05) is 78.7 Å². The second-order valence-corrected chi connectivity index (χ2v) is 9.79. The number of anilines is 4. The van der Waals surface area contributed by atoms with Crippen LogP contribution in [0.3, 0.4) is 0 Å². The first-order valence-corrected chi connectivity index (χ1v) is 13.5. The molecule has 1 unspecified atom stereocenters. The Bertz CT molecular complexity index is 1310. The maximum absolute atomic E-state index is 14.6. The summed E-state index contributed by atoms with van der Waals surface area (Å²) in [7, 11) is 1.89. The summed E-state index contributed by atoms with van der Waals surface area (Å²) in [4.78, 5) is 30.9. The Morgan fingerprint density at radius 3 is 2.38 bits per heavy atom. The molecule has 40 heavy (non-hydrogen) atoms. The van der Waals surface area contributed by atoms with Gasteiger partial charge >= 0.3 is 0 Å². The van der Waals surface area contributed by atoms with E-state index in [0.29, 0.717) is 24.3 Å². The van der Waals surface area contributed by atoms with Crippen molar-refractivity contribution < 1.29 is 9.59 Å². The Hall–Kier alpha value is -4.57. The lowest BCUT2D eigenvalue weighted by Crippen LogP contribution is -2.65. The monoisotopic (exact) mass is 542 g/mol. The van der Waals surface area contributed by atoms with Crippen LogP contribution in [-0.2, 0) is 9.59 Å². The van der Waals surface area contributed by atoms with Crippen LogP contribution in [0.2, 0.25) is 0 Å². The molecule has 10 nitrogen and oxygen atoms in total. The van der Waals surface area contributed by atoms with Gasteiger partial charge in [0, 0.05) is 43.5 Å². The van der Waals surface area contributed by atoms with E-state index >= 15 is 0 Å². The summed E-state index contributed by atoms with van der Waals surface area (Å²) in [6.07, 6.45) is 1.83. The number of benzene rings is 3. The van der Waals surface area contributed by atoms with Gasteiger partial charge in [0.1, 0.15) is 5.84 Å². The first-order valence-electron chi connectivity index (χ1n) is 13.5. The summed E-state index contributed by atoms with van der Waals surface area (Å²) in [6, 6.07) is 24.4. The number of rotatable bonds is 13. The third-order valence-electron chi connectivity index (χ3n) is 7.11. The zero-order valence-corrected chi connectivity index (χ0v) is 22.8. The van der Waals surface area contributed by atoms with E-state index in [9.17, 15) is 9.59 Å². The van der Waals surface area contributed by atoms with Gasteiger partial charge in [-0.05, 0) is 67.9 Å². The number of amidine groups is 1. The van der Waals surface area contributed by atoms with Crippen molar-refractivity contribution in [3.63, 3.8) is 0 Å². The van der Waals surface area contributed by atoms with Crippen LogP contribution in [0.15, 0.2) is 78.9 Å². The summed E-state index contributed by atoms with van der Waals surface area (Å²) in [5.41, 5.74) is 13.8. The predicted molar refractivity (Wildman–Crippen MR) is 162 cm³/mol. The fraction of sp³-hybridized carbons (Fsp3) is 0.300. The van der Waals surface area contributed by atoms with Crippen molar-refractivity contribution in [2.24, 2.45) is 11.5 Å². The number of hydrogen-bond acceptors (Lipinski definition) is 7. The van der Waals surface area contributed by atoms with Gasteiger partial charge in [-0.15, -0.1) is 0 Å². The molecule has 0 aliphatic carbocycles. The van der Waals surface area contributed by atoms with Crippen LogP contribution >= 0.6 is 0 Å². The Morgan fingerprint density at radius 2 is 1.70 bits per heavy atom. The number of hydrogen-bond donors (Lipinski definition) is 6. The summed E-state index contributed by atoms with van der Waals surface area (Å²) in [5.74, 6) is -0.312. The van der Waals surface area contributed by atoms with Crippen LogP contribution in [0, 0.1) is 5.41 Å². The minimum absolute atomic E-state index is 0.00670. The van der Waals surface area contributed by atoms with Gasteiger partial charge in [0.15, 0.2) is 0 Å². The molecule has 0 bridgehead atoms. The highest BCUT2D eigenvalue weighted by molar-refractivity contribution is 6.07. The van der Waals surface area contributed by atoms with Gasteiger partial charge in [-0.1, -0.05) is 30.3 Å². The average molecular weight is 543 g/mol. The molecule has 1 heterocycles. The third kappa shape index (κ3) is 6.35. The first kappa shape index (κ1) is 28.4. The number of nitrogens with one attached hydrogen (secondary N) is 4. The fourth-order valence-electron chi connectivity index (χ4n) is 4.80. The lowest BCUT2D eigenvalue weighted by atomic mass is 10.1. The molecule has 0 radical (unpaired) electrons. The average Bonchev–Trinajstić information content (AvgIpc) is 3.27. The molecule has 8 N–H and O–H groups in total. The second-order valence-electron chi connectivity index (χ2n) is 9.79. The normalized spacial score (nSPS) is 15.6. The predicted octanol–water partition coefficient (Wildman–Crippen LogP) is 2.92. The van der Waals surface area contributed by atoms with E-state index < -0.39 is 5.66 Å². The second kappa shape index (κ2) is 13.0. The van der Waals surface area contributed by atoms with E-state index in [4.69, 9.17) is 16.9 Å². The molecule has 10 heteroatoms. The van der Waals surface area contributed by atoms with Crippen molar-refractivity contribution in [2.45, 2.75) is 24.9 Å². The number of amides is 2. The number of carbonyl (C=O) groups excluding carboxylic acids is 2. The van der Waals surface area contributed by atoms with Gasteiger partial charge in [-0.2, -0.15) is 0 Å². The fourth-order valence-corrected chi connectivity index (χ4v) is 4.80. The molecule has 0 aromatic heterocycles. The Kier molecular flexibility index (Phi) is 9.23. The van der Waals surface area contributed by atoms with Crippen molar-refractivity contribution in [1.29, 1.82) is 5.41 Å². The van der Waals surface area contributed by atoms with Crippen LogP contribution in [0.5, 0.6) is 0 Å². The highest BCUT2D eigenvalue weighted by Crippen LogP contribution is 2.40. The Morgan fingerprint density at radius 1 is 1.00 bits per heavy atom. The summed E-state index contributed by atoms with van der Waals surface area (Å²) in [6.45, 7) is 1.59. The Balaban J connectivity index is 1.61. The summed E-state index contributed by atoms with van der Waals surface area (Å²) in [5, 5.41) is 17.5. The lowest BCUT2D eigenvalue weighted by molar-refractivity contribution is -0.122. The summed E-state index contributed by atoms with van der Waals surface area (Å²) < 4.78 is 0. The molecule has 0 fully saturated rings. The molecule has 1 aliphatic rings. The number of unbranched alkanes of at least 4 members (excludes halogenated alkanes) is 1. The molecule has 1 aliphatic heterocycles. The number of nitrogens with two attached hydrogens (primary N) is 2. The minimum atomic E-state index is -1.18. The number of likely N-dealkylation sites (N-methyl/N-ethyl adjacent to an activating group) is 1. The van der Waals surface area contributed by atoms with E-state index in [2.05, 4.69) is 16.0 Å². The van der Waals surface area contributed by atoms with E-state index in [1.165, 1.54) is 0 Å². The van der Waals surface area contributed by atoms with Crippen molar-refractivity contribution >= 4 is 40.4 Å². The SMILES string of the molecule is CN1c2ccccc2NC1(CNc1ccc(C(=N)N)cc1)C(=O)N(CCC(=O)NCCCCN)c1ccccc1. The molecule has 0 spiro atoms. The third-order valence-corrected chi connectivity index (χ3v) is 7.11. The van der Waals surface area contributed by atoms with Gasteiger partial charge in [0.2, 0.25) is 11.6 Å². The molecule has 3 aromatic rings. The van der Waals surface area contributed by atoms with Gasteiger partial charge in [0.05, 0.1) is 17.9 Å². The van der Waals surface area contributed by atoms with E-state index in [-0.39, 0.29) is 37.2 Å². The lowest BCUT2D eigenvalue weighted by Gasteiger charge is -2.40. The maximum atomic E-state index is 14.6. The molecule has 2 amide bonds. The smallest absolute Gasteiger partial charge is 0.275 e. The molecule has 4 rings (SSSR count). The van der Waals surface area contributed by atoms with E-state index in [1.54, 1.807) is 17.0 Å². The van der Waals surface area contributed by atoms with Gasteiger partial charge in [-0.25, -0.2) is 0 Å². The van der Waals surface area contributed by atoms with Crippen LogP contribution in [0.4, 0.5) is 22.7 Å². The van der Waals surface area contributed by atoms with E-state index in [0.717, 1.165) is 29.9 Å². The summed E-state index contributed by atoms with van der Waals surface area (Å²) >= 11 is 0. The maximum Gasteiger partial charge on any atom is 0.275 e. The van der Waals surface area contributed by atoms with Gasteiger partial charge in [0.25, 0.3) is 5.91 Å². The number of nitrogens with zero attached hydrogens (tertiary/aromatic N) is 2. The number of nitrogen functional groups attached to an aromatic ring is 1. The van der Waals surface area contributed by atoms with Crippen molar-refractivity contribution in [2.75, 3.05) is 53.7 Å². The molecule has 0 saturated carbocycles. The minimum Gasteiger partial charge on any atom is -0.384 e. The Labute approximate surface area is 235 Å². The van der Waals surface area contributed by atoms with Crippen LogP contribution in [-0.4, -0.2) is 56.5 Å². The van der Waals surface area contributed by atoms with Crippen LogP contribution in [0.25, 0.3) is 0 Å². The molecule has 3 aromatic carbocycles. The van der Waals surface area contributed by atoms with Crippen LogP contribution in [0.1, 0.15) is 24.8 Å². The number of fused-ring (bicyclic) bond motifs is 1. The zero-order chi connectivity index (χ0) is 28.5. The molecule has 210 valence electrons. The largest absolute Gasteiger partial charge is 0.384 e. The molecular formula is C30H38N8O2. The van der Waals surface area contributed by atoms with Crippen molar-refractivity contribution in [1.82, 2.24) is 5.32 Å². The standard InChI is InChI=1S/C30H38N8O2/c1-37-26-12-6-5-11-25(26)36-30(37,21-35-23-15-13-22(14-16-23)28(32)33)29(40)38(24-9-3-2-4-10-24)20-17-27(39)34-19-8-7-18-31/h2-6,9-16,35-36H,7-8,17-21,31H2,1H3,(H3,32,33)(H,34,39). The highest BCUT2D eigenvalue weighted by atomic mass is 16.2. The van der Waals surface area contributed by atoms with Gasteiger partial charge in [-0.3, -0.25) is 15.0 Å². The van der Waals surface area contributed by atoms with Crippen molar-refractivity contribution in [3.05, 3.63) is 84.4 Å². The quantitative estimate of drug-likeness (QED) is 0.110. The van der Waals surface area contributed by atoms with Gasteiger partial charge < -0.3 is 37.2 Å². The molecule has 1 atom stereocenters. The van der Waals surface area contributed by atoms with Crippen LogP contribution < -0.4 is 37.2 Å². The number of para-hydroxylation sites is 3. The van der Waals surface area contributed by atoms with Crippen molar-refractivity contribution in [3.8, 4) is 0 Å².